The molecule has 0 radical (unpaired) electrons. The molecule has 49 heavy (non-hydrogen) atoms. The summed E-state index contributed by atoms with van der Waals surface area (Å²) in [5.74, 6) is 0.506. The van der Waals surface area contributed by atoms with Crippen LogP contribution in [0.15, 0.2) is 84.5 Å². The van der Waals surface area contributed by atoms with Gasteiger partial charge in [0.05, 0.1) is 29.3 Å². The predicted octanol–water partition coefficient (Wildman–Crippen LogP) is 4.73. The lowest BCUT2D eigenvalue weighted by atomic mass is 10.1. The van der Waals surface area contributed by atoms with E-state index in [-0.39, 0.29) is 34.2 Å². The standard InChI is InChI=1S/C21H17Cl2N3O6S2.C11H15N3O/c1-13-10-17(26-9-8-24-12-26)14-4-3-5-18(21(14)25-13)31-11-15-16(22)6-7-19(20(15)23)34(29,30)32-33(2,27)28;15-11(10-4-2-6-13-10)14-8-9-3-1-5-12-7-9/h3-10,12H,11H2,1-2H3;1,3,5,7,10,13H,2,4,6,8H2,(H,14,15)/t;10-/m.0/s1. The monoisotopic (exact) mass is 746 g/mol. The Kier molecular flexibility index (Phi) is 11.5. The van der Waals surface area contributed by atoms with Crippen molar-refractivity contribution in [1.29, 1.82) is 0 Å². The first kappa shape index (κ1) is 36.2. The molecule has 1 fully saturated rings. The average Bonchev–Trinajstić information content (AvgIpc) is 3.79. The third kappa shape index (κ3) is 9.32. The normalized spacial score (nSPS) is 14.7. The zero-order valence-electron chi connectivity index (χ0n) is 26.3. The van der Waals surface area contributed by atoms with Gasteiger partial charge in [0.2, 0.25) is 5.91 Å². The summed E-state index contributed by atoms with van der Waals surface area (Å²) in [6, 6.07) is 13.5. The van der Waals surface area contributed by atoms with E-state index in [0.29, 0.717) is 24.1 Å². The van der Waals surface area contributed by atoms with Crippen molar-refractivity contribution in [2.75, 3.05) is 12.8 Å². The Morgan fingerprint density at radius 2 is 1.90 bits per heavy atom. The zero-order valence-corrected chi connectivity index (χ0v) is 29.5. The number of hydrogen-bond donors (Lipinski definition) is 2. The van der Waals surface area contributed by atoms with Gasteiger partial charge >= 0.3 is 10.1 Å². The van der Waals surface area contributed by atoms with Crippen LogP contribution in [0.1, 0.15) is 29.7 Å². The minimum atomic E-state index is -4.70. The van der Waals surface area contributed by atoms with Crippen LogP contribution in [0.25, 0.3) is 16.6 Å². The van der Waals surface area contributed by atoms with Gasteiger partial charge < -0.3 is 19.9 Å². The number of nitrogens with zero attached hydrogens (tertiary/aromatic N) is 4. The molecule has 0 spiro atoms. The maximum absolute atomic E-state index is 12.4. The molecule has 17 heteroatoms. The van der Waals surface area contributed by atoms with Crippen LogP contribution in [-0.4, -0.2) is 61.1 Å². The predicted molar refractivity (Wildman–Crippen MR) is 185 cm³/mol. The van der Waals surface area contributed by atoms with E-state index in [9.17, 15) is 21.6 Å². The molecule has 2 aromatic carbocycles. The van der Waals surface area contributed by atoms with Crippen LogP contribution in [0, 0.1) is 6.92 Å². The van der Waals surface area contributed by atoms with Crippen LogP contribution in [-0.2, 0) is 41.8 Å². The molecule has 6 rings (SSSR count). The molecule has 0 aliphatic carbocycles. The van der Waals surface area contributed by atoms with Crippen molar-refractivity contribution in [3.8, 4) is 11.4 Å². The number of benzene rings is 2. The van der Waals surface area contributed by atoms with E-state index in [1.165, 1.54) is 6.07 Å². The lowest BCUT2D eigenvalue weighted by Crippen LogP contribution is -2.39. The average molecular weight is 748 g/mol. The molecule has 1 atom stereocenters. The number of aromatic nitrogens is 4. The summed E-state index contributed by atoms with van der Waals surface area (Å²) in [5, 5.41) is 6.69. The van der Waals surface area contributed by atoms with E-state index in [2.05, 4.69) is 29.2 Å². The van der Waals surface area contributed by atoms with Crippen molar-refractivity contribution < 1.29 is 30.0 Å². The van der Waals surface area contributed by atoms with Crippen molar-refractivity contribution >= 4 is 60.2 Å². The number of pyridine rings is 2. The number of halogens is 2. The van der Waals surface area contributed by atoms with Crippen molar-refractivity contribution in [2.45, 2.75) is 43.9 Å². The number of aryl methyl sites for hydroxylation is 1. The second-order valence-electron chi connectivity index (χ2n) is 11.0. The molecule has 0 bridgehead atoms. The van der Waals surface area contributed by atoms with Gasteiger partial charge in [-0.1, -0.05) is 41.4 Å². The molecular weight excluding hydrogens is 715 g/mol. The van der Waals surface area contributed by atoms with E-state index in [4.69, 9.17) is 27.9 Å². The molecule has 1 aliphatic rings. The van der Waals surface area contributed by atoms with Crippen LogP contribution in [0.3, 0.4) is 0 Å². The number of hydrogen-bond acceptors (Lipinski definition) is 11. The number of ether oxygens (including phenoxy) is 1. The number of carbonyl (C=O) groups is 1. The molecule has 13 nitrogen and oxygen atoms in total. The molecule has 0 saturated carbocycles. The number of rotatable bonds is 10. The summed E-state index contributed by atoms with van der Waals surface area (Å²) in [7, 11) is -9.00. The van der Waals surface area contributed by atoms with Crippen molar-refractivity contribution in [3.05, 3.63) is 107 Å². The summed E-state index contributed by atoms with van der Waals surface area (Å²) in [4.78, 5) is 23.8. The second-order valence-corrected chi connectivity index (χ2v) is 15.1. The van der Waals surface area contributed by atoms with E-state index in [0.717, 1.165) is 47.8 Å². The lowest BCUT2D eigenvalue weighted by Gasteiger charge is -2.15. The highest BCUT2D eigenvalue weighted by Gasteiger charge is 2.27. The van der Waals surface area contributed by atoms with Gasteiger partial charge in [-0.2, -0.15) is 16.8 Å². The molecule has 3 aromatic heterocycles. The molecule has 258 valence electrons. The summed E-state index contributed by atoms with van der Waals surface area (Å²) in [5.41, 5.74) is 3.34. The van der Waals surface area contributed by atoms with Crippen LogP contribution < -0.4 is 15.4 Å². The van der Waals surface area contributed by atoms with Gasteiger partial charge in [0.25, 0.3) is 10.1 Å². The maximum atomic E-state index is 12.4. The van der Waals surface area contributed by atoms with E-state index in [1.807, 2.05) is 42.0 Å². The Morgan fingerprint density at radius 1 is 1.08 bits per heavy atom. The van der Waals surface area contributed by atoms with Crippen molar-refractivity contribution in [1.82, 2.24) is 30.2 Å². The fourth-order valence-corrected chi connectivity index (χ4v) is 7.97. The Morgan fingerprint density at radius 3 is 2.57 bits per heavy atom. The van der Waals surface area contributed by atoms with Crippen LogP contribution in [0.5, 0.6) is 5.75 Å². The van der Waals surface area contributed by atoms with Crippen LogP contribution in [0.2, 0.25) is 10.0 Å². The fraction of sp³-hybridized carbons (Fsp3) is 0.250. The van der Waals surface area contributed by atoms with Crippen LogP contribution in [0.4, 0.5) is 0 Å². The van der Waals surface area contributed by atoms with Gasteiger partial charge in [0.1, 0.15) is 22.8 Å². The highest BCUT2D eigenvalue weighted by molar-refractivity contribution is 7.99. The first-order valence-electron chi connectivity index (χ1n) is 14.9. The molecule has 5 aromatic rings. The van der Waals surface area contributed by atoms with Gasteiger partial charge in [-0.3, -0.25) is 9.78 Å². The first-order valence-corrected chi connectivity index (χ1v) is 18.8. The largest absolute Gasteiger partial charge is 0.487 e. The van der Waals surface area contributed by atoms with E-state index in [1.54, 1.807) is 37.1 Å². The Balaban J connectivity index is 0.000000259. The third-order valence-electron chi connectivity index (χ3n) is 7.26. The van der Waals surface area contributed by atoms with Gasteiger partial charge in [-0.25, -0.2) is 9.97 Å². The smallest absolute Gasteiger partial charge is 0.312 e. The maximum Gasteiger partial charge on any atom is 0.312 e. The summed E-state index contributed by atoms with van der Waals surface area (Å²) < 4.78 is 59.5. The molecule has 2 N–H and O–H groups in total. The lowest BCUT2D eigenvalue weighted by molar-refractivity contribution is -0.122. The number of fused-ring (bicyclic) bond motifs is 1. The van der Waals surface area contributed by atoms with Crippen molar-refractivity contribution in [2.24, 2.45) is 0 Å². The summed E-state index contributed by atoms with van der Waals surface area (Å²) in [6.45, 7) is 3.14. The molecule has 4 heterocycles. The van der Waals surface area contributed by atoms with Crippen molar-refractivity contribution in [3.63, 3.8) is 0 Å². The third-order valence-corrected chi connectivity index (χ3v) is 10.7. The minimum Gasteiger partial charge on any atom is -0.487 e. The number of amides is 1. The van der Waals surface area contributed by atoms with Gasteiger partial charge in [-0.15, -0.1) is 3.63 Å². The Labute approximate surface area is 293 Å². The number of para-hydroxylation sites is 1. The SMILES string of the molecule is Cc1cc(-n2ccnc2)c2cccc(OCc3c(Cl)ccc(S(=O)(=O)OS(C)(=O)=O)c3Cl)c2n1.O=C(NCc1cccnc1)[C@@H]1CCCN1. The number of imidazole rings is 1. The number of carbonyl (C=O) groups excluding carboxylic acids is 1. The Hall–Kier alpha value is -4.12. The molecule has 1 amide bonds. The Bertz CT molecular complexity index is 2160. The topological polar surface area (TPSA) is 171 Å². The minimum absolute atomic E-state index is 0.00155. The molecule has 1 aliphatic heterocycles. The molecule has 1 saturated heterocycles. The molecular formula is C32H32Cl2N6O7S2. The quantitative estimate of drug-likeness (QED) is 0.202. The number of nitrogens with one attached hydrogen (secondary N) is 2. The second kappa shape index (κ2) is 15.6. The van der Waals surface area contributed by atoms with Gasteiger partial charge in [0, 0.05) is 53.0 Å². The van der Waals surface area contributed by atoms with Gasteiger partial charge in [0.15, 0.2) is 0 Å². The van der Waals surface area contributed by atoms with E-state index >= 15 is 0 Å². The molecule has 0 unspecified atom stereocenters. The van der Waals surface area contributed by atoms with Crippen LogP contribution >= 0.6 is 23.2 Å². The highest BCUT2D eigenvalue weighted by atomic mass is 35.5. The highest BCUT2D eigenvalue weighted by Crippen LogP contribution is 2.35. The van der Waals surface area contributed by atoms with E-state index < -0.39 is 25.1 Å². The summed E-state index contributed by atoms with van der Waals surface area (Å²) in [6.07, 6.45) is 11.3. The fourth-order valence-electron chi connectivity index (χ4n) is 5.03. The first-order chi connectivity index (χ1) is 23.3. The van der Waals surface area contributed by atoms with Gasteiger partial charge in [-0.05, 0) is 62.2 Å². The summed E-state index contributed by atoms with van der Waals surface area (Å²) >= 11 is 12.5. The zero-order chi connectivity index (χ0) is 35.2.